The van der Waals surface area contributed by atoms with Gasteiger partial charge in [0.2, 0.25) is 0 Å². The molecule has 1 heterocycles. The van der Waals surface area contributed by atoms with Crippen molar-refractivity contribution < 1.29 is 4.39 Å². The minimum absolute atomic E-state index is 0.00448. The second-order valence-electron chi connectivity index (χ2n) is 5.60. The Morgan fingerprint density at radius 3 is 2.17 bits per heavy atom. The van der Waals surface area contributed by atoms with Gasteiger partial charge in [-0.05, 0) is 42.0 Å². The van der Waals surface area contributed by atoms with Crippen molar-refractivity contribution in [1.29, 1.82) is 0 Å². The number of nitrogens with zero attached hydrogens (tertiary/aromatic N) is 1. The lowest BCUT2D eigenvalue weighted by Gasteiger charge is -2.14. The van der Waals surface area contributed by atoms with Crippen LogP contribution in [0, 0.1) is 5.82 Å². The van der Waals surface area contributed by atoms with E-state index in [0.29, 0.717) is 10.9 Å². The third kappa shape index (κ3) is 2.40. The van der Waals surface area contributed by atoms with E-state index in [4.69, 9.17) is 0 Å². The summed E-state index contributed by atoms with van der Waals surface area (Å²) in [7, 11) is 0. The number of para-hydroxylation sites is 1. The quantitative estimate of drug-likeness (QED) is 0.521. The third-order valence-electron chi connectivity index (χ3n) is 4.10. The van der Waals surface area contributed by atoms with Crippen molar-refractivity contribution in [1.82, 2.24) is 4.57 Å². The maximum Gasteiger partial charge on any atom is 0.197 e. The van der Waals surface area contributed by atoms with Crippen molar-refractivity contribution in [3.63, 3.8) is 0 Å². The lowest BCUT2D eigenvalue weighted by atomic mass is 10.0. The fourth-order valence-electron chi connectivity index (χ4n) is 2.92. The molecule has 0 atom stereocenters. The highest BCUT2D eigenvalue weighted by atomic mass is 19.1. The average molecular weight is 315 g/mol. The first-order valence-corrected chi connectivity index (χ1v) is 7.70. The Hall–Kier alpha value is -3.20. The molecule has 0 radical (unpaired) electrons. The van der Waals surface area contributed by atoms with E-state index in [0.717, 1.165) is 16.8 Å². The van der Waals surface area contributed by atoms with E-state index >= 15 is 0 Å². The zero-order valence-corrected chi connectivity index (χ0v) is 12.8. The molecule has 0 spiro atoms. The van der Waals surface area contributed by atoms with Gasteiger partial charge in [-0.15, -0.1) is 0 Å². The Morgan fingerprint density at radius 1 is 0.750 bits per heavy atom. The van der Waals surface area contributed by atoms with Gasteiger partial charge in [-0.3, -0.25) is 4.79 Å². The predicted molar refractivity (Wildman–Crippen MR) is 94.9 cm³/mol. The fraction of sp³-hybridized carbons (Fsp3) is 0. The summed E-state index contributed by atoms with van der Waals surface area (Å²) in [6.07, 6.45) is 1.83. The van der Waals surface area contributed by atoms with E-state index in [1.165, 1.54) is 12.1 Å². The van der Waals surface area contributed by atoms with Crippen LogP contribution in [0.5, 0.6) is 0 Å². The Labute approximate surface area is 138 Å². The Kier molecular flexibility index (Phi) is 3.47. The van der Waals surface area contributed by atoms with Crippen LogP contribution in [0.3, 0.4) is 0 Å². The number of hydrogen-bond acceptors (Lipinski definition) is 1. The van der Waals surface area contributed by atoms with Crippen molar-refractivity contribution in [2.24, 2.45) is 0 Å². The number of benzene rings is 3. The van der Waals surface area contributed by atoms with Gasteiger partial charge in [0.05, 0.1) is 5.52 Å². The van der Waals surface area contributed by atoms with Crippen LogP contribution in [0.2, 0.25) is 0 Å². The van der Waals surface area contributed by atoms with E-state index < -0.39 is 0 Å². The molecule has 2 nitrogen and oxygen atoms in total. The van der Waals surface area contributed by atoms with Gasteiger partial charge in [0.1, 0.15) is 5.82 Å². The first kappa shape index (κ1) is 14.4. The van der Waals surface area contributed by atoms with Crippen molar-refractivity contribution >= 4 is 10.9 Å². The SMILES string of the molecule is O=c1c(-c2ccccc2)cn(-c2ccc(F)cc2)c2ccccc12. The molecule has 3 aromatic carbocycles. The van der Waals surface area contributed by atoms with Gasteiger partial charge in [0.15, 0.2) is 5.43 Å². The van der Waals surface area contributed by atoms with Gasteiger partial charge < -0.3 is 4.57 Å². The van der Waals surface area contributed by atoms with Gasteiger partial charge in [-0.1, -0.05) is 42.5 Å². The molecular weight excluding hydrogens is 301 g/mol. The number of pyridine rings is 1. The Bertz CT molecular complexity index is 1070. The summed E-state index contributed by atoms with van der Waals surface area (Å²) >= 11 is 0. The molecule has 0 aliphatic rings. The minimum Gasteiger partial charge on any atom is -0.316 e. The first-order chi connectivity index (χ1) is 11.7. The van der Waals surface area contributed by atoms with Crippen LogP contribution in [-0.2, 0) is 0 Å². The molecule has 3 heteroatoms. The maximum absolute atomic E-state index is 13.3. The molecule has 0 bridgehead atoms. The smallest absolute Gasteiger partial charge is 0.197 e. The number of halogens is 1. The summed E-state index contributed by atoms with van der Waals surface area (Å²) < 4.78 is 15.2. The third-order valence-corrected chi connectivity index (χ3v) is 4.10. The lowest BCUT2D eigenvalue weighted by Crippen LogP contribution is -2.11. The molecule has 0 saturated carbocycles. The standard InChI is InChI=1S/C21H14FNO/c22-16-10-12-17(13-11-16)23-14-19(15-6-2-1-3-7-15)21(24)18-8-4-5-9-20(18)23/h1-14H. The van der Waals surface area contributed by atoms with E-state index in [-0.39, 0.29) is 11.2 Å². The largest absolute Gasteiger partial charge is 0.316 e. The second-order valence-corrected chi connectivity index (χ2v) is 5.60. The highest BCUT2D eigenvalue weighted by Gasteiger charge is 2.11. The summed E-state index contributed by atoms with van der Waals surface area (Å²) in [6.45, 7) is 0. The normalized spacial score (nSPS) is 10.9. The fourth-order valence-corrected chi connectivity index (χ4v) is 2.92. The van der Waals surface area contributed by atoms with Gasteiger partial charge in [-0.25, -0.2) is 4.39 Å². The summed E-state index contributed by atoms with van der Waals surface area (Å²) in [6, 6.07) is 23.3. The van der Waals surface area contributed by atoms with E-state index in [2.05, 4.69) is 0 Å². The van der Waals surface area contributed by atoms with Gasteiger partial charge in [-0.2, -0.15) is 0 Å². The van der Waals surface area contributed by atoms with Gasteiger partial charge >= 0.3 is 0 Å². The number of rotatable bonds is 2. The molecule has 116 valence electrons. The molecule has 24 heavy (non-hydrogen) atoms. The molecular formula is C21H14FNO. The summed E-state index contributed by atoms with van der Waals surface area (Å²) in [4.78, 5) is 12.9. The van der Waals surface area contributed by atoms with Gasteiger partial charge in [0, 0.05) is 22.8 Å². The van der Waals surface area contributed by atoms with Crippen LogP contribution in [-0.4, -0.2) is 4.57 Å². The van der Waals surface area contributed by atoms with Crippen LogP contribution in [0.4, 0.5) is 4.39 Å². The molecule has 0 saturated heterocycles. The van der Waals surface area contributed by atoms with E-state index in [9.17, 15) is 9.18 Å². The minimum atomic E-state index is -0.285. The maximum atomic E-state index is 13.3. The number of aromatic nitrogens is 1. The summed E-state index contributed by atoms with van der Waals surface area (Å²) in [5.41, 5.74) is 3.09. The topological polar surface area (TPSA) is 22.0 Å². The van der Waals surface area contributed by atoms with E-state index in [1.54, 1.807) is 12.1 Å². The molecule has 4 rings (SSSR count). The average Bonchev–Trinajstić information content (AvgIpc) is 2.64. The summed E-state index contributed by atoms with van der Waals surface area (Å²) in [5, 5.41) is 0.642. The monoisotopic (exact) mass is 315 g/mol. The first-order valence-electron chi connectivity index (χ1n) is 7.70. The predicted octanol–water partition coefficient (Wildman–Crippen LogP) is 4.80. The van der Waals surface area contributed by atoms with Gasteiger partial charge in [0.25, 0.3) is 0 Å². The highest BCUT2D eigenvalue weighted by Crippen LogP contribution is 2.23. The van der Waals surface area contributed by atoms with Crippen LogP contribution < -0.4 is 5.43 Å². The number of fused-ring (bicyclic) bond motifs is 1. The van der Waals surface area contributed by atoms with Crippen molar-refractivity contribution in [3.8, 4) is 16.8 Å². The molecule has 4 aromatic rings. The lowest BCUT2D eigenvalue weighted by molar-refractivity contribution is 0.627. The van der Waals surface area contributed by atoms with Crippen molar-refractivity contribution in [2.75, 3.05) is 0 Å². The molecule has 0 amide bonds. The highest BCUT2D eigenvalue weighted by molar-refractivity contribution is 5.85. The zero-order valence-electron chi connectivity index (χ0n) is 12.8. The zero-order chi connectivity index (χ0) is 16.5. The molecule has 0 unspecified atom stereocenters. The molecule has 1 aromatic heterocycles. The van der Waals surface area contributed by atoms with Crippen LogP contribution in [0.25, 0.3) is 27.7 Å². The molecule has 0 aliphatic carbocycles. The summed E-state index contributed by atoms with van der Waals surface area (Å²) in [5.74, 6) is -0.285. The van der Waals surface area contributed by atoms with Crippen molar-refractivity contribution in [2.45, 2.75) is 0 Å². The van der Waals surface area contributed by atoms with Crippen LogP contribution in [0.1, 0.15) is 0 Å². The van der Waals surface area contributed by atoms with E-state index in [1.807, 2.05) is 65.4 Å². The molecule has 0 aliphatic heterocycles. The molecule has 0 fully saturated rings. The van der Waals surface area contributed by atoms with Crippen LogP contribution >= 0.6 is 0 Å². The van der Waals surface area contributed by atoms with Crippen LogP contribution in [0.15, 0.2) is 89.9 Å². The van der Waals surface area contributed by atoms with Crippen molar-refractivity contribution in [3.05, 3.63) is 101 Å². The number of hydrogen-bond donors (Lipinski definition) is 0. The Morgan fingerprint density at radius 2 is 1.42 bits per heavy atom. The molecule has 0 N–H and O–H groups in total. The second kappa shape index (κ2) is 5.78. The Balaban J connectivity index is 2.08.